The summed E-state index contributed by atoms with van der Waals surface area (Å²) in [5.74, 6) is -1.58. The SMILES string of the molecule is O=C(O)C1Cc2cccc(S(=O)(=O)N3CCN(c4cccc(C(F)(F)F)c4)CC3)c2C1. The molecule has 1 N–H and O–H groups in total. The van der Waals surface area contributed by atoms with Crippen molar-refractivity contribution in [3.8, 4) is 0 Å². The van der Waals surface area contributed by atoms with Crippen molar-refractivity contribution in [2.75, 3.05) is 31.1 Å². The summed E-state index contributed by atoms with van der Waals surface area (Å²) in [7, 11) is -3.84. The van der Waals surface area contributed by atoms with Gasteiger partial charge in [0.15, 0.2) is 0 Å². The maximum atomic E-state index is 13.3. The number of hydrogen-bond donors (Lipinski definition) is 1. The lowest BCUT2D eigenvalue weighted by Crippen LogP contribution is -2.48. The molecule has 0 aromatic heterocycles. The summed E-state index contributed by atoms with van der Waals surface area (Å²) in [5, 5.41) is 9.30. The minimum atomic E-state index is -4.44. The second-order valence-electron chi connectivity index (χ2n) is 7.78. The molecule has 31 heavy (non-hydrogen) atoms. The van der Waals surface area contributed by atoms with Crippen LogP contribution in [-0.2, 0) is 33.8 Å². The van der Waals surface area contributed by atoms with E-state index in [0.29, 0.717) is 17.7 Å². The highest BCUT2D eigenvalue weighted by Gasteiger charge is 2.36. The fourth-order valence-corrected chi connectivity index (χ4v) is 5.94. The molecule has 1 aliphatic carbocycles. The zero-order valence-corrected chi connectivity index (χ0v) is 17.3. The Morgan fingerprint density at radius 2 is 1.68 bits per heavy atom. The van der Waals surface area contributed by atoms with Gasteiger partial charge in [-0.05, 0) is 48.2 Å². The Balaban J connectivity index is 1.51. The van der Waals surface area contributed by atoms with Crippen LogP contribution in [0.3, 0.4) is 0 Å². The van der Waals surface area contributed by atoms with Gasteiger partial charge in [-0.15, -0.1) is 0 Å². The molecule has 0 saturated carbocycles. The Labute approximate surface area is 177 Å². The van der Waals surface area contributed by atoms with Gasteiger partial charge in [-0.25, -0.2) is 8.42 Å². The van der Waals surface area contributed by atoms with Crippen molar-refractivity contribution in [2.24, 2.45) is 5.92 Å². The van der Waals surface area contributed by atoms with Gasteiger partial charge in [0.05, 0.1) is 16.4 Å². The van der Waals surface area contributed by atoms with Crippen LogP contribution in [-0.4, -0.2) is 50.0 Å². The second-order valence-corrected chi connectivity index (χ2v) is 9.68. The smallest absolute Gasteiger partial charge is 0.416 e. The molecule has 0 radical (unpaired) electrons. The van der Waals surface area contributed by atoms with E-state index in [2.05, 4.69) is 0 Å². The van der Waals surface area contributed by atoms with Crippen LogP contribution in [0.2, 0.25) is 0 Å². The number of aliphatic carboxylic acids is 1. The molecule has 0 bridgehead atoms. The average molecular weight is 454 g/mol. The number of rotatable bonds is 4. The first-order chi connectivity index (χ1) is 14.6. The number of anilines is 1. The fourth-order valence-electron chi connectivity index (χ4n) is 4.24. The van der Waals surface area contributed by atoms with Gasteiger partial charge in [-0.3, -0.25) is 4.79 Å². The van der Waals surface area contributed by atoms with Crippen LogP contribution < -0.4 is 4.90 Å². The first-order valence-corrected chi connectivity index (χ1v) is 11.3. The number of hydrogen-bond acceptors (Lipinski definition) is 4. The summed E-state index contributed by atoms with van der Waals surface area (Å²) in [6, 6.07) is 9.86. The third kappa shape index (κ3) is 4.14. The summed E-state index contributed by atoms with van der Waals surface area (Å²) in [5.41, 5.74) is 0.941. The van der Waals surface area contributed by atoms with Gasteiger partial charge in [-0.2, -0.15) is 17.5 Å². The van der Waals surface area contributed by atoms with Crippen LogP contribution in [0.4, 0.5) is 18.9 Å². The first kappa shape index (κ1) is 21.6. The van der Waals surface area contributed by atoms with E-state index in [9.17, 15) is 31.5 Å². The molecule has 1 saturated heterocycles. The molecule has 1 fully saturated rings. The topological polar surface area (TPSA) is 77.9 Å². The minimum absolute atomic E-state index is 0.126. The van der Waals surface area contributed by atoms with E-state index in [4.69, 9.17) is 0 Å². The molecule has 4 rings (SSSR count). The minimum Gasteiger partial charge on any atom is -0.481 e. The predicted molar refractivity (Wildman–Crippen MR) is 107 cm³/mol. The monoisotopic (exact) mass is 454 g/mol. The number of sulfonamides is 1. The van der Waals surface area contributed by atoms with E-state index in [1.165, 1.54) is 16.4 Å². The molecule has 6 nitrogen and oxygen atoms in total. The predicted octanol–water partition coefficient (Wildman–Crippen LogP) is 3.02. The number of carboxylic acid groups (broad SMARTS) is 1. The number of carboxylic acids is 1. The molecule has 1 atom stereocenters. The molecule has 166 valence electrons. The van der Waals surface area contributed by atoms with E-state index in [-0.39, 0.29) is 37.5 Å². The van der Waals surface area contributed by atoms with Gasteiger partial charge in [0.1, 0.15) is 0 Å². The number of halogens is 3. The summed E-state index contributed by atoms with van der Waals surface area (Å²) in [4.78, 5) is 13.2. The van der Waals surface area contributed by atoms with Crippen LogP contribution >= 0.6 is 0 Å². The highest BCUT2D eigenvalue weighted by molar-refractivity contribution is 7.89. The Morgan fingerprint density at radius 1 is 1.00 bits per heavy atom. The van der Waals surface area contributed by atoms with Gasteiger partial charge in [0, 0.05) is 31.9 Å². The lowest BCUT2D eigenvalue weighted by molar-refractivity contribution is -0.141. The maximum Gasteiger partial charge on any atom is 0.416 e. The Morgan fingerprint density at radius 3 is 2.32 bits per heavy atom. The third-order valence-electron chi connectivity index (χ3n) is 5.89. The van der Waals surface area contributed by atoms with E-state index in [0.717, 1.165) is 17.7 Å². The van der Waals surface area contributed by atoms with Crippen molar-refractivity contribution < 1.29 is 31.5 Å². The molecule has 2 aliphatic rings. The molecular weight excluding hydrogens is 433 g/mol. The highest BCUT2D eigenvalue weighted by Crippen LogP contribution is 2.35. The number of nitrogens with zero attached hydrogens (tertiary/aromatic N) is 2. The highest BCUT2D eigenvalue weighted by atomic mass is 32.2. The molecular formula is C21H21F3N2O4S. The van der Waals surface area contributed by atoms with Crippen molar-refractivity contribution in [1.29, 1.82) is 0 Å². The Bertz CT molecular complexity index is 1110. The van der Waals surface area contributed by atoms with Crippen LogP contribution in [0.5, 0.6) is 0 Å². The Hall–Kier alpha value is -2.59. The molecule has 2 aromatic carbocycles. The summed E-state index contributed by atoms with van der Waals surface area (Å²) in [6.45, 7) is 0.774. The summed E-state index contributed by atoms with van der Waals surface area (Å²) in [6.07, 6.45) is -3.97. The maximum absolute atomic E-state index is 13.3. The lowest BCUT2D eigenvalue weighted by atomic mass is 10.1. The van der Waals surface area contributed by atoms with Crippen molar-refractivity contribution >= 4 is 21.7 Å². The van der Waals surface area contributed by atoms with Crippen molar-refractivity contribution in [2.45, 2.75) is 23.9 Å². The van der Waals surface area contributed by atoms with E-state index >= 15 is 0 Å². The van der Waals surface area contributed by atoms with Crippen LogP contribution in [0.25, 0.3) is 0 Å². The van der Waals surface area contributed by atoms with Gasteiger partial charge < -0.3 is 10.0 Å². The van der Waals surface area contributed by atoms with Crippen molar-refractivity contribution in [3.63, 3.8) is 0 Å². The van der Waals surface area contributed by atoms with E-state index in [1.807, 2.05) is 0 Å². The number of benzene rings is 2. The molecule has 1 heterocycles. The fraction of sp³-hybridized carbons (Fsp3) is 0.381. The number of alkyl halides is 3. The molecule has 2 aromatic rings. The lowest BCUT2D eigenvalue weighted by Gasteiger charge is -2.36. The average Bonchev–Trinajstić information content (AvgIpc) is 3.18. The third-order valence-corrected chi connectivity index (χ3v) is 7.87. The van der Waals surface area contributed by atoms with Crippen molar-refractivity contribution in [3.05, 3.63) is 59.2 Å². The molecule has 0 spiro atoms. The molecule has 0 amide bonds. The Kier molecular flexibility index (Phi) is 5.47. The quantitative estimate of drug-likeness (QED) is 0.769. The van der Waals surface area contributed by atoms with Gasteiger partial charge in [0.2, 0.25) is 10.0 Å². The van der Waals surface area contributed by atoms with Crippen molar-refractivity contribution in [1.82, 2.24) is 4.31 Å². The summed E-state index contributed by atoms with van der Waals surface area (Å²) < 4.78 is 66.8. The molecule has 1 aliphatic heterocycles. The second kappa shape index (κ2) is 7.83. The first-order valence-electron chi connectivity index (χ1n) is 9.83. The van der Waals surface area contributed by atoms with E-state index in [1.54, 1.807) is 23.1 Å². The van der Waals surface area contributed by atoms with Crippen LogP contribution in [0.15, 0.2) is 47.4 Å². The number of fused-ring (bicyclic) bond motifs is 1. The standard InChI is InChI=1S/C21H21F3N2O4S/c22-21(23,24)16-4-2-5-17(13-16)25-7-9-26(10-8-25)31(29,30)19-6-1-3-14-11-15(20(27)28)12-18(14)19/h1-6,13,15H,7-12H2,(H,27,28). The van der Waals surface area contributed by atoms with Gasteiger partial charge in [-0.1, -0.05) is 18.2 Å². The zero-order chi connectivity index (χ0) is 22.4. The summed E-state index contributed by atoms with van der Waals surface area (Å²) >= 11 is 0. The van der Waals surface area contributed by atoms with Gasteiger partial charge >= 0.3 is 12.1 Å². The van der Waals surface area contributed by atoms with Crippen LogP contribution in [0.1, 0.15) is 16.7 Å². The largest absolute Gasteiger partial charge is 0.481 e. The number of piperazine rings is 1. The zero-order valence-electron chi connectivity index (χ0n) is 16.5. The van der Waals surface area contributed by atoms with Crippen LogP contribution in [0, 0.1) is 5.92 Å². The molecule has 1 unspecified atom stereocenters. The van der Waals surface area contributed by atoms with Gasteiger partial charge in [0.25, 0.3) is 0 Å². The normalized spacial score (nSPS) is 20.0. The van der Waals surface area contributed by atoms with E-state index < -0.39 is 33.7 Å². The number of carbonyl (C=O) groups is 1. The molecule has 10 heteroatoms.